The maximum absolute atomic E-state index is 7.25. The zero-order valence-corrected chi connectivity index (χ0v) is 29.8. The van der Waals surface area contributed by atoms with Gasteiger partial charge in [0.25, 0.3) is 0 Å². The van der Waals surface area contributed by atoms with Crippen LogP contribution >= 0.6 is 0 Å². The predicted molar refractivity (Wildman–Crippen MR) is 239 cm³/mol. The van der Waals surface area contributed by atoms with Crippen molar-refractivity contribution in [2.45, 2.75) is 0 Å². The summed E-state index contributed by atoms with van der Waals surface area (Å²) in [6.45, 7) is 0. The van der Waals surface area contributed by atoms with E-state index in [1.807, 2.05) is 103 Å². The van der Waals surface area contributed by atoms with E-state index in [0.717, 1.165) is 43.6 Å². The van der Waals surface area contributed by atoms with Crippen molar-refractivity contribution in [2.24, 2.45) is 0 Å². The molecule has 11 heteroatoms. The molecular formula is C45H20B7N3O. The summed E-state index contributed by atoms with van der Waals surface area (Å²) in [7, 11) is 46.7. The predicted octanol–water partition coefficient (Wildman–Crippen LogP) is 3.46. The van der Waals surface area contributed by atoms with Crippen LogP contribution in [0.3, 0.4) is 0 Å². The molecule has 10 rings (SSSR count). The van der Waals surface area contributed by atoms with E-state index in [2.05, 4.69) is 0 Å². The summed E-state index contributed by atoms with van der Waals surface area (Å²) in [5.74, 6) is 1.62. The summed E-state index contributed by atoms with van der Waals surface area (Å²) < 4.78 is 6.72. The highest BCUT2D eigenvalue weighted by Gasteiger charge is 2.23. The van der Waals surface area contributed by atoms with Crippen molar-refractivity contribution in [2.75, 3.05) is 0 Å². The Morgan fingerprint density at radius 2 is 0.929 bits per heavy atom. The molecule has 0 saturated carbocycles. The largest absolute Gasteiger partial charge is 0.455 e. The van der Waals surface area contributed by atoms with Crippen LogP contribution < -0.4 is 38.2 Å². The standard InChI is InChI=1S/C45H20B7N3O/c46-29-17-26-27(18-30(29)47)37-39(32(49)20-33(50)40(37)51)38-28(26)19-31(48)36(41(38)52)24-14-7-13-23-35-25(15-8-16-34(35)56-42(23)24)45-54-43(21-9-3-1-4-10-21)53-44(55-45)22-11-5-2-6-12-22/h1-20H. The number of hydrogen-bond acceptors (Lipinski definition) is 4. The molecule has 0 aliphatic heterocycles. The van der Waals surface area contributed by atoms with Crippen molar-refractivity contribution in [3.8, 4) is 45.3 Å². The molecule has 8 aromatic carbocycles. The third-order valence-corrected chi connectivity index (χ3v) is 10.6. The third-order valence-electron chi connectivity index (χ3n) is 10.6. The molecule has 2 heterocycles. The second-order valence-electron chi connectivity index (χ2n) is 13.9. The molecular weight excluding hydrogens is 674 g/mol. The van der Waals surface area contributed by atoms with Gasteiger partial charge in [0, 0.05) is 33.0 Å². The van der Waals surface area contributed by atoms with Gasteiger partial charge in [-0.25, -0.2) is 15.0 Å². The lowest BCUT2D eigenvalue weighted by molar-refractivity contribution is 0.670. The van der Waals surface area contributed by atoms with Crippen LogP contribution in [0, 0.1) is 0 Å². The summed E-state index contributed by atoms with van der Waals surface area (Å²) >= 11 is 0. The number of nitrogens with zero attached hydrogens (tertiary/aromatic N) is 3. The molecule has 14 radical (unpaired) electrons. The molecule has 0 saturated heterocycles. The van der Waals surface area contributed by atoms with E-state index >= 15 is 0 Å². The Morgan fingerprint density at radius 1 is 0.375 bits per heavy atom. The molecule has 0 spiro atoms. The van der Waals surface area contributed by atoms with Crippen LogP contribution in [0.5, 0.6) is 0 Å². The quantitative estimate of drug-likeness (QED) is 0.210. The van der Waals surface area contributed by atoms with Crippen LogP contribution in [-0.4, -0.2) is 69.9 Å². The smallest absolute Gasteiger partial charge is 0.164 e. The van der Waals surface area contributed by atoms with Crippen LogP contribution in [0.2, 0.25) is 0 Å². The Balaban J connectivity index is 1.26. The van der Waals surface area contributed by atoms with E-state index in [4.69, 9.17) is 74.3 Å². The Kier molecular flexibility index (Phi) is 7.93. The van der Waals surface area contributed by atoms with Gasteiger partial charge in [-0.2, -0.15) is 0 Å². The highest BCUT2D eigenvalue weighted by molar-refractivity contribution is 6.62. The molecule has 0 amide bonds. The number of furan rings is 1. The first kappa shape index (κ1) is 34.3. The minimum atomic E-state index is 0.341. The molecule has 56 heavy (non-hydrogen) atoms. The van der Waals surface area contributed by atoms with Crippen molar-refractivity contribution >= 4 is 147 Å². The Hall–Kier alpha value is -6.20. The monoisotopic (exact) mass is 695 g/mol. The van der Waals surface area contributed by atoms with Gasteiger partial charge < -0.3 is 4.42 Å². The zero-order chi connectivity index (χ0) is 38.4. The van der Waals surface area contributed by atoms with Gasteiger partial charge in [0.15, 0.2) is 17.5 Å². The van der Waals surface area contributed by atoms with E-state index in [1.165, 1.54) is 0 Å². The van der Waals surface area contributed by atoms with Crippen LogP contribution in [-0.2, 0) is 0 Å². The number of para-hydroxylation sites is 1. The first-order chi connectivity index (χ1) is 27.2. The molecule has 0 bridgehead atoms. The van der Waals surface area contributed by atoms with Gasteiger partial charge in [0.1, 0.15) is 66.1 Å². The summed E-state index contributed by atoms with van der Waals surface area (Å²) in [5.41, 5.74) is 7.77. The fourth-order valence-electron chi connectivity index (χ4n) is 8.02. The lowest BCUT2D eigenvalue weighted by atomic mass is 9.67. The average Bonchev–Trinajstić information content (AvgIpc) is 3.60. The van der Waals surface area contributed by atoms with Crippen LogP contribution in [0.1, 0.15) is 0 Å². The van der Waals surface area contributed by atoms with E-state index in [-0.39, 0.29) is 0 Å². The normalized spacial score (nSPS) is 11.7. The number of rotatable bonds is 4. The number of aromatic nitrogens is 3. The van der Waals surface area contributed by atoms with Crippen LogP contribution in [0.25, 0.3) is 99.5 Å². The van der Waals surface area contributed by atoms with Crippen LogP contribution in [0.15, 0.2) is 126 Å². The average molecular weight is 694 g/mol. The molecule has 0 atom stereocenters. The third kappa shape index (κ3) is 5.21. The highest BCUT2D eigenvalue weighted by atomic mass is 16.3. The van der Waals surface area contributed by atoms with E-state index in [0.29, 0.717) is 94.2 Å². The molecule has 242 valence electrons. The lowest BCUT2D eigenvalue weighted by Gasteiger charge is -2.23. The fourth-order valence-corrected chi connectivity index (χ4v) is 8.02. The summed E-state index contributed by atoms with van der Waals surface area (Å²) in [6, 6.07) is 38.6. The van der Waals surface area contributed by atoms with Gasteiger partial charge in [-0.1, -0.05) is 137 Å². The topological polar surface area (TPSA) is 51.8 Å². The number of fused-ring (bicyclic) bond motifs is 9. The van der Waals surface area contributed by atoms with E-state index in [9.17, 15) is 0 Å². The van der Waals surface area contributed by atoms with Crippen molar-refractivity contribution in [1.29, 1.82) is 0 Å². The van der Waals surface area contributed by atoms with Crippen LogP contribution in [0.4, 0.5) is 0 Å². The van der Waals surface area contributed by atoms with Gasteiger partial charge >= 0.3 is 0 Å². The number of hydrogen-bond donors (Lipinski definition) is 0. The molecule has 0 fully saturated rings. The fraction of sp³-hybridized carbons (Fsp3) is 0. The molecule has 0 unspecified atom stereocenters. The second-order valence-corrected chi connectivity index (χ2v) is 13.9. The molecule has 0 N–H and O–H groups in total. The molecule has 0 aliphatic carbocycles. The van der Waals surface area contributed by atoms with E-state index in [1.54, 1.807) is 18.2 Å². The second kappa shape index (κ2) is 12.9. The summed E-state index contributed by atoms with van der Waals surface area (Å²) in [6.07, 6.45) is 0. The lowest BCUT2D eigenvalue weighted by Crippen LogP contribution is -2.33. The summed E-state index contributed by atoms with van der Waals surface area (Å²) in [4.78, 5) is 14.9. The molecule has 0 aliphatic rings. The SMILES string of the molecule is [B]c1cc2c(cc1[B])c1c([B])c([B])cc([B])c1c1c([B])c(-c3cccc4c3oc3cccc(-c5nc(-c6ccccc6)nc(-c6ccccc6)n5)c34)c([B])cc21. The molecule has 4 nitrogen and oxygen atoms in total. The van der Waals surface area contributed by atoms with Gasteiger partial charge in [-0.15, -0.1) is 16.4 Å². The van der Waals surface area contributed by atoms with Gasteiger partial charge in [0.2, 0.25) is 0 Å². The molecule has 10 aromatic rings. The Morgan fingerprint density at radius 3 is 1.59 bits per heavy atom. The highest BCUT2D eigenvalue weighted by Crippen LogP contribution is 2.41. The first-order valence-electron chi connectivity index (χ1n) is 17.9. The van der Waals surface area contributed by atoms with Gasteiger partial charge in [0.05, 0.1) is 0 Å². The van der Waals surface area contributed by atoms with Crippen molar-refractivity contribution in [3.63, 3.8) is 0 Å². The summed E-state index contributed by atoms with van der Waals surface area (Å²) in [5, 5.41) is 5.83. The number of benzene rings is 8. The minimum Gasteiger partial charge on any atom is -0.455 e. The zero-order valence-electron chi connectivity index (χ0n) is 29.8. The van der Waals surface area contributed by atoms with Crippen molar-refractivity contribution < 1.29 is 4.42 Å². The Bertz CT molecular complexity index is 3220. The maximum atomic E-state index is 7.25. The van der Waals surface area contributed by atoms with Gasteiger partial charge in [-0.05, 0) is 43.9 Å². The first-order valence-corrected chi connectivity index (χ1v) is 17.9. The van der Waals surface area contributed by atoms with E-state index < -0.39 is 0 Å². The van der Waals surface area contributed by atoms with Gasteiger partial charge in [-0.3, -0.25) is 0 Å². The Labute approximate surface area is 332 Å². The van der Waals surface area contributed by atoms with Crippen molar-refractivity contribution in [1.82, 2.24) is 15.0 Å². The van der Waals surface area contributed by atoms with Crippen molar-refractivity contribution in [3.05, 3.63) is 121 Å². The minimum absolute atomic E-state index is 0.341. The molecule has 2 aromatic heterocycles. The maximum Gasteiger partial charge on any atom is 0.164 e.